The van der Waals surface area contributed by atoms with Crippen LogP contribution >= 0.6 is 0 Å². The van der Waals surface area contributed by atoms with Gasteiger partial charge in [-0.25, -0.2) is 4.98 Å². The molecule has 18 heavy (non-hydrogen) atoms. The van der Waals surface area contributed by atoms with Crippen molar-refractivity contribution in [1.29, 1.82) is 0 Å². The highest BCUT2D eigenvalue weighted by Gasteiger charge is 2.18. The maximum absolute atomic E-state index is 11.6. The van der Waals surface area contributed by atoms with Crippen LogP contribution in [0.4, 0.5) is 0 Å². The molecule has 1 aliphatic rings. The standard InChI is InChI=1S/C13H15NO4/c15-11-4-1-3-9-7-10(8-14-13(9)11)18-6-2-5-12(16)17/h7-8H,1-6H2,(H,16,17). The minimum absolute atomic E-state index is 0.0914. The number of Topliss-reactive ketones (excluding diaryl/α,β-unsaturated/α-hetero) is 1. The molecule has 0 radical (unpaired) electrons. The van der Waals surface area contributed by atoms with Crippen molar-refractivity contribution < 1.29 is 19.4 Å². The Labute approximate surface area is 105 Å². The zero-order valence-corrected chi connectivity index (χ0v) is 10.0. The molecule has 0 aliphatic heterocycles. The fourth-order valence-corrected chi connectivity index (χ4v) is 1.98. The van der Waals surface area contributed by atoms with E-state index in [0.29, 0.717) is 30.9 Å². The van der Waals surface area contributed by atoms with E-state index in [1.165, 1.54) is 6.20 Å². The van der Waals surface area contributed by atoms with E-state index in [0.717, 1.165) is 18.4 Å². The Kier molecular flexibility index (Phi) is 3.92. The van der Waals surface area contributed by atoms with E-state index in [2.05, 4.69) is 4.98 Å². The molecule has 96 valence electrons. The number of aryl methyl sites for hydroxylation is 1. The number of carboxylic acid groups (broad SMARTS) is 1. The van der Waals surface area contributed by atoms with E-state index < -0.39 is 5.97 Å². The summed E-state index contributed by atoms with van der Waals surface area (Å²) < 4.78 is 5.42. The van der Waals surface area contributed by atoms with Crippen LogP contribution in [-0.4, -0.2) is 28.4 Å². The third-order valence-electron chi connectivity index (χ3n) is 2.86. The van der Waals surface area contributed by atoms with Gasteiger partial charge in [-0.2, -0.15) is 0 Å². The van der Waals surface area contributed by atoms with E-state index in [-0.39, 0.29) is 12.2 Å². The molecule has 5 heteroatoms. The molecule has 0 fully saturated rings. The number of aromatic nitrogens is 1. The first-order valence-electron chi connectivity index (χ1n) is 6.03. The molecule has 0 spiro atoms. The van der Waals surface area contributed by atoms with Gasteiger partial charge in [0.05, 0.1) is 12.8 Å². The Morgan fingerprint density at radius 1 is 1.44 bits per heavy atom. The number of hydrogen-bond donors (Lipinski definition) is 1. The van der Waals surface area contributed by atoms with Crippen LogP contribution in [0, 0.1) is 0 Å². The van der Waals surface area contributed by atoms with Crippen LogP contribution in [0.5, 0.6) is 5.75 Å². The monoisotopic (exact) mass is 249 g/mol. The number of ether oxygens (including phenoxy) is 1. The minimum Gasteiger partial charge on any atom is -0.492 e. The van der Waals surface area contributed by atoms with E-state index in [1.54, 1.807) is 0 Å². The molecule has 0 bridgehead atoms. The van der Waals surface area contributed by atoms with Crippen LogP contribution in [0.25, 0.3) is 0 Å². The lowest BCUT2D eigenvalue weighted by Gasteiger charge is -2.14. The van der Waals surface area contributed by atoms with Crippen LogP contribution in [0.3, 0.4) is 0 Å². The second-order valence-electron chi connectivity index (χ2n) is 4.30. The second-order valence-corrected chi connectivity index (χ2v) is 4.30. The Balaban J connectivity index is 1.94. The van der Waals surface area contributed by atoms with Gasteiger partial charge in [-0.3, -0.25) is 9.59 Å². The van der Waals surface area contributed by atoms with E-state index in [1.807, 2.05) is 6.07 Å². The van der Waals surface area contributed by atoms with Crippen LogP contribution in [0.2, 0.25) is 0 Å². The van der Waals surface area contributed by atoms with Gasteiger partial charge in [-0.05, 0) is 30.9 Å². The summed E-state index contributed by atoms with van der Waals surface area (Å²) in [6.45, 7) is 0.348. The average molecular weight is 249 g/mol. The Hall–Kier alpha value is -1.91. The summed E-state index contributed by atoms with van der Waals surface area (Å²) in [7, 11) is 0. The lowest BCUT2D eigenvalue weighted by molar-refractivity contribution is -0.137. The van der Waals surface area contributed by atoms with Gasteiger partial charge in [0.1, 0.15) is 11.4 Å². The number of nitrogens with zero attached hydrogens (tertiary/aromatic N) is 1. The fourth-order valence-electron chi connectivity index (χ4n) is 1.98. The molecule has 1 heterocycles. The highest BCUT2D eigenvalue weighted by Crippen LogP contribution is 2.23. The van der Waals surface area contributed by atoms with Crippen molar-refractivity contribution in [3.63, 3.8) is 0 Å². The first-order chi connectivity index (χ1) is 8.66. The fraction of sp³-hybridized carbons (Fsp3) is 0.462. The summed E-state index contributed by atoms with van der Waals surface area (Å²) in [6.07, 6.45) is 4.36. The lowest BCUT2D eigenvalue weighted by atomic mass is 9.95. The normalized spacial score (nSPS) is 14.1. The molecular weight excluding hydrogens is 234 g/mol. The minimum atomic E-state index is -0.826. The molecule has 0 unspecified atom stereocenters. The number of carbonyl (C=O) groups is 2. The maximum atomic E-state index is 11.6. The second kappa shape index (κ2) is 5.62. The number of aliphatic carboxylic acids is 1. The number of rotatable bonds is 5. The Morgan fingerprint density at radius 3 is 3.06 bits per heavy atom. The largest absolute Gasteiger partial charge is 0.492 e. The summed E-state index contributed by atoms with van der Waals surface area (Å²) >= 11 is 0. The van der Waals surface area contributed by atoms with Gasteiger partial charge in [0.15, 0.2) is 5.78 Å². The van der Waals surface area contributed by atoms with Crippen molar-refractivity contribution in [3.8, 4) is 5.75 Å². The summed E-state index contributed by atoms with van der Waals surface area (Å²) in [5.74, 6) is -0.129. The molecule has 1 N–H and O–H groups in total. The Bertz CT molecular complexity index is 470. The predicted molar refractivity (Wildman–Crippen MR) is 63.9 cm³/mol. The van der Waals surface area contributed by atoms with Gasteiger partial charge in [0.2, 0.25) is 0 Å². The first-order valence-corrected chi connectivity index (χ1v) is 6.03. The maximum Gasteiger partial charge on any atom is 0.303 e. The summed E-state index contributed by atoms with van der Waals surface area (Å²) in [4.78, 5) is 26.0. The summed E-state index contributed by atoms with van der Waals surface area (Å²) in [5, 5.41) is 8.49. The van der Waals surface area contributed by atoms with Gasteiger partial charge >= 0.3 is 5.97 Å². The first kappa shape index (κ1) is 12.5. The molecule has 0 aromatic carbocycles. The molecule has 1 aromatic rings. The van der Waals surface area contributed by atoms with Gasteiger partial charge in [0.25, 0.3) is 0 Å². The highest BCUT2D eigenvalue weighted by atomic mass is 16.5. The van der Waals surface area contributed by atoms with Crippen molar-refractivity contribution in [2.75, 3.05) is 6.61 Å². The van der Waals surface area contributed by atoms with Gasteiger partial charge in [0, 0.05) is 12.8 Å². The topological polar surface area (TPSA) is 76.5 Å². The molecule has 0 atom stereocenters. The number of hydrogen-bond acceptors (Lipinski definition) is 4. The molecule has 5 nitrogen and oxygen atoms in total. The van der Waals surface area contributed by atoms with E-state index in [4.69, 9.17) is 9.84 Å². The van der Waals surface area contributed by atoms with E-state index in [9.17, 15) is 9.59 Å². The molecule has 1 aromatic heterocycles. The van der Waals surface area contributed by atoms with Crippen LogP contribution < -0.4 is 4.74 Å². The molecule has 2 rings (SSSR count). The Morgan fingerprint density at radius 2 is 2.28 bits per heavy atom. The number of fused-ring (bicyclic) bond motifs is 1. The lowest BCUT2D eigenvalue weighted by Crippen LogP contribution is -2.13. The molecule has 0 saturated carbocycles. The summed E-state index contributed by atoms with van der Waals surface area (Å²) in [5.41, 5.74) is 1.49. The van der Waals surface area contributed by atoms with Gasteiger partial charge in [-0.1, -0.05) is 0 Å². The number of pyridine rings is 1. The van der Waals surface area contributed by atoms with Crippen molar-refractivity contribution in [1.82, 2.24) is 4.98 Å². The van der Waals surface area contributed by atoms with Crippen molar-refractivity contribution in [3.05, 3.63) is 23.5 Å². The molecule has 1 aliphatic carbocycles. The van der Waals surface area contributed by atoms with Crippen LogP contribution in [-0.2, 0) is 11.2 Å². The predicted octanol–water partition coefficient (Wildman–Crippen LogP) is 1.84. The molecular formula is C13H15NO4. The van der Waals surface area contributed by atoms with Crippen LogP contribution in [0.1, 0.15) is 41.7 Å². The summed E-state index contributed by atoms with van der Waals surface area (Å²) in [6, 6.07) is 1.83. The van der Waals surface area contributed by atoms with Gasteiger partial charge in [-0.15, -0.1) is 0 Å². The third-order valence-corrected chi connectivity index (χ3v) is 2.86. The quantitative estimate of drug-likeness (QED) is 0.806. The zero-order chi connectivity index (χ0) is 13.0. The molecule has 0 amide bonds. The van der Waals surface area contributed by atoms with Crippen LogP contribution in [0.15, 0.2) is 12.3 Å². The molecule has 0 saturated heterocycles. The number of ketones is 1. The van der Waals surface area contributed by atoms with Crippen molar-refractivity contribution >= 4 is 11.8 Å². The average Bonchev–Trinajstić information content (AvgIpc) is 2.35. The SMILES string of the molecule is O=C(O)CCCOc1cnc2c(c1)CCCC2=O. The zero-order valence-electron chi connectivity index (χ0n) is 10.0. The number of carbonyl (C=O) groups excluding carboxylic acids is 1. The van der Waals surface area contributed by atoms with Crippen molar-refractivity contribution in [2.24, 2.45) is 0 Å². The van der Waals surface area contributed by atoms with E-state index >= 15 is 0 Å². The highest BCUT2D eigenvalue weighted by molar-refractivity contribution is 5.96. The third kappa shape index (κ3) is 3.06. The van der Waals surface area contributed by atoms with Crippen molar-refractivity contribution in [2.45, 2.75) is 32.1 Å². The number of carboxylic acids is 1. The van der Waals surface area contributed by atoms with Gasteiger partial charge < -0.3 is 9.84 Å². The smallest absolute Gasteiger partial charge is 0.303 e.